The summed E-state index contributed by atoms with van der Waals surface area (Å²) in [4.78, 5) is 11.8. The number of carboxylic acids is 1. The quantitative estimate of drug-likeness (QED) is 0.816. The zero-order valence-electron chi connectivity index (χ0n) is 12.4. The number of ether oxygens (including phenoxy) is 1. The van der Waals surface area contributed by atoms with Crippen LogP contribution >= 0.6 is 23.1 Å². The van der Waals surface area contributed by atoms with Gasteiger partial charge in [-0.2, -0.15) is 5.26 Å². The molecule has 0 aliphatic heterocycles. The van der Waals surface area contributed by atoms with E-state index in [1.165, 1.54) is 18.9 Å². The Kier molecular flexibility index (Phi) is 5.11. The zero-order valence-corrected chi connectivity index (χ0v) is 14.0. The van der Waals surface area contributed by atoms with Gasteiger partial charge in [-0.1, -0.05) is 32.0 Å². The summed E-state index contributed by atoms with van der Waals surface area (Å²) in [5.41, 5.74) is 1.48. The van der Waals surface area contributed by atoms with Crippen molar-refractivity contribution in [3.8, 4) is 22.9 Å². The van der Waals surface area contributed by atoms with Crippen LogP contribution in [0, 0.1) is 11.3 Å². The van der Waals surface area contributed by atoms with Crippen LogP contribution in [-0.4, -0.2) is 23.4 Å². The minimum absolute atomic E-state index is 0.171. The minimum Gasteiger partial charge on any atom is -0.496 e. The maximum absolute atomic E-state index is 11.6. The molecule has 0 fully saturated rings. The molecule has 2 aromatic rings. The summed E-state index contributed by atoms with van der Waals surface area (Å²) in [7, 11) is 1.53. The van der Waals surface area contributed by atoms with Gasteiger partial charge in [-0.3, -0.25) is 0 Å². The Labute approximate surface area is 137 Å². The summed E-state index contributed by atoms with van der Waals surface area (Å²) < 4.78 is 6.05. The molecular formula is C16H15NO3S2. The van der Waals surface area contributed by atoms with E-state index in [0.717, 1.165) is 15.5 Å². The Morgan fingerprint density at radius 1 is 1.41 bits per heavy atom. The second kappa shape index (κ2) is 6.86. The third-order valence-electron chi connectivity index (χ3n) is 2.90. The topological polar surface area (TPSA) is 70.3 Å². The van der Waals surface area contributed by atoms with Crippen LogP contribution in [0.1, 0.15) is 29.1 Å². The molecule has 0 spiro atoms. The van der Waals surface area contributed by atoms with Crippen molar-refractivity contribution >= 4 is 29.1 Å². The van der Waals surface area contributed by atoms with Crippen LogP contribution in [0.15, 0.2) is 28.5 Å². The lowest BCUT2D eigenvalue weighted by molar-refractivity contribution is 0.0703. The second-order valence-electron chi connectivity index (χ2n) is 4.75. The fourth-order valence-electron chi connectivity index (χ4n) is 2.07. The number of nitrogens with zero attached hydrogens (tertiary/aromatic N) is 1. The molecule has 1 aromatic heterocycles. The highest BCUT2D eigenvalue weighted by atomic mass is 32.2. The van der Waals surface area contributed by atoms with Crippen LogP contribution in [0.4, 0.5) is 0 Å². The molecule has 0 saturated carbocycles. The number of carboxylic acid groups (broad SMARTS) is 1. The van der Waals surface area contributed by atoms with Gasteiger partial charge in [0.25, 0.3) is 0 Å². The number of rotatable bonds is 5. The minimum atomic E-state index is -1.03. The fourth-order valence-corrected chi connectivity index (χ4v) is 4.62. The molecule has 0 aliphatic rings. The van der Waals surface area contributed by atoms with E-state index in [1.54, 1.807) is 18.2 Å². The van der Waals surface area contributed by atoms with Crippen molar-refractivity contribution in [2.75, 3.05) is 7.11 Å². The molecule has 1 N–H and O–H groups in total. The first-order valence-corrected chi connectivity index (χ1v) is 8.29. The molecule has 114 valence electrons. The summed E-state index contributed by atoms with van der Waals surface area (Å²) in [6.07, 6.45) is 0. The van der Waals surface area contributed by atoms with Crippen molar-refractivity contribution in [1.29, 1.82) is 5.26 Å². The van der Waals surface area contributed by atoms with Gasteiger partial charge < -0.3 is 9.84 Å². The molecule has 6 heteroatoms. The maximum Gasteiger partial charge on any atom is 0.346 e. The van der Waals surface area contributed by atoms with E-state index in [-0.39, 0.29) is 10.1 Å². The molecule has 4 nitrogen and oxygen atoms in total. The molecule has 0 unspecified atom stereocenters. The lowest BCUT2D eigenvalue weighted by atomic mass is 10.0. The summed E-state index contributed by atoms with van der Waals surface area (Å²) in [5.74, 6) is -0.474. The summed E-state index contributed by atoms with van der Waals surface area (Å²) >= 11 is 2.65. The van der Waals surface area contributed by atoms with Crippen LogP contribution < -0.4 is 4.74 Å². The number of benzene rings is 1. The molecule has 0 atom stereocenters. The SMILES string of the molecule is COc1ccccc1-c1c(C(=O)O)sc(SC(C)C)c1C#N. The number of hydrogen-bond donors (Lipinski definition) is 1. The van der Waals surface area contributed by atoms with Gasteiger partial charge in [-0.05, 0) is 6.07 Å². The lowest BCUT2D eigenvalue weighted by Gasteiger charge is -2.08. The Hall–Kier alpha value is -1.97. The van der Waals surface area contributed by atoms with E-state index in [4.69, 9.17) is 4.74 Å². The van der Waals surface area contributed by atoms with E-state index in [0.29, 0.717) is 22.4 Å². The third-order valence-corrected chi connectivity index (χ3v) is 5.30. The first kappa shape index (κ1) is 16.4. The third kappa shape index (κ3) is 3.11. The average molecular weight is 333 g/mol. The Bertz CT molecular complexity index is 744. The number of aromatic carboxylic acids is 1. The van der Waals surface area contributed by atoms with Gasteiger partial charge in [-0.25, -0.2) is 4.79 Å². The van der Waals surface area contributed by atoms with Gasteiger partial charge in [-0.15, -0.1) is 23.1 Å². The number of nitriles is 1. The van der Waals surface area contributed by atoms with Crippen molar-refractivity contribution in [2.45, 2.75) is 23.3 Å². The molecule has 0 amide bonds. The molecule has 0 aliphatic carbocycles. The van der Waals surface area contributed by atoms with E-state index < -0.39 is 5.97 Å². The van der Waals surface area contributed by atoms with Gasteiger partial charge in [0.2, 0.25) is 0 Å². The van der Waals surface area contributed by atoms with Crippen LogP contribution in [0.25, 0.3) is 11.1 Å². The van der Waals surface area contributed by atoms with E-state index in [9.17, 15) is 15.2 Å². The van der Waals surface area contributed by atoms with Crippen LogP contribution in [0.5, 0.6) is 5.75 Å². The number of methoxy groups -OCH3 is 1. The van der Waals surface area contributed by atoms with Gasteiger partial charge in [0.05, 0.1) is 16.9 Å². The van der Waals surface area contributed by atoms with Gasteiger partial charge in [0.15, 0.2) is 0 Å². The molecule has 0 radical (unpaired) electrons. The predicted octanol–water partition coefficient (Wildman–Crippen LogP) is 4.49. The highest BCUT2D eigenvalue weighted by Gasteiger charge is 2.26. The van der Waals surface area contributed by atoms with Crippen molar-refractivity contribution in [3.05, 3.63) is 34.7 Å². The van der Waals surface area contributed by atoms with E-state index in [2.05, 4.69) is 6.07 Å². The van der Waals surface area contributed by atoms with Crippen LogP contribution in [0.3, 0.4) is 0 Å². The lowest BCUT2D eigenvalue weighted by Crippen LogP contribution is -1.97. The van der Waals surface area contributed by atoms with Gasteiger partial charge in [0.1, 0.15) is 16.7 Å². The van der Waals surface area contributed by atoms with Crippen molar-refractivity contribution in [3.63, 3.8) is 0 Å². The number of carbonyl (C=O) groups is 1. The highest BCUT2D eigenvalue weighted by molar-refractivity contribution is 8.01. The Balaban J connectivity index is 2.75. The van der Waals surface area contributed by atoms with Crippen molar-refractivity contribution in [2.24, 2.45) is 0 Å². The smallest absolute Gasteiger partial charge is 0.346 e. The van der Waals surface area contributed by atoms with Crippen molar-refractivity contribution < 1.29 is 14.6 Å². The second-order valence-corrected chi connectivity index (χ2v) is 7.62. The first-order valence-electron chi connectivity index (χ1n) is 6.59. The highest BCUT2D eigenvalue weighted by Crippen LogP contribution is 2.45. The van der Waals surface area contributed by atoms with Gasteiger partial charge >= 0.3 is 5.97 Å². The standard InChI is InChI=1S/C16H15NO3S2/c1-9(2)21-16-11(8-17)13(14(22-16)15(18)19)10-6-4-5-7-12(10)20-3/h4-7,9H,1-3H3,(H,18,19). The number of hydrogen-bond acceptors (Lipinski definition) is 5. The zero-order chi connectivity index (χ0) is 16.3. The van der Waals surface area contributed by atoms with E-state index >= 15 is 0 Å². The summed E-state index contributed by atoms with van der Waals surface area (Å²) in [6.45, 7) is 4.02. The summed E-state index contributed by atoms with van der Waals surface area (Å²) in [5, 5.41) is 19.3. The number of para-hydroxylation sites is 1. The summed E-state index contributed by atoms with van der Waals surface area (Å²) in [6, 6.07) is 9.31. The molecule has 22 heavy (non-hydrogen) atoms. The first-order chi connectivity index (χ1) is 10.5. The predicted molar refractivity (Wildman–Crippen MR) is 89.0 cm³/mol. The normalized spacial score (nSPS) is 10.5. The van der Waals surface area contributed by atoms with Crippen molar-refractivity contribution in [1.82, 2.24) is 0 Å². The fraction of sp³-hybridized carbons (Fsp3) is 0.250. The monoisotopic (exact) mass is 333 g/mol. The number of thioether (sulfide) groups is 1. The molecule has 1 aromatic carbocycles. The Morgan fingerprint density at radius 3 is 2.64 bits per heavy atom. The molecule has 2 rings (SSSR count). The van der Waals surface area contributed by atoms with E-state index in [1.807, 2.05) is 19.9 Å². The maximum atomic E-state index is 11.6. The molecule has 0 bridgehead atoms. The average Bonchev–Trinajstić information content (AvgIpc) is 2.84. The molecular weight excluding hydrogens is 318 g/mol. The Morgan fingerprint density at radius 2 is 2.09 bits per heavy atom. The van der Waals surface area contributed by atoms with Crippen LogP contribution in [-0.2, 0) is 0 Å². The largest absolute Gasteiger partial charge is 0.496 e. The van der Waals surface area contributed by atoms with Crippen LogP contribution in [0.2, 0.25) is 0 Å². The number of thiophene rings is 1. The molecule has 1 heterocycles. The molecule has 0 saturated heterocycles. The van der Waals surface area contributed by atoms with Gasteiger partial charge in [0, 0.05) is 16.4 Å².